The first-order chi connectivity index (χ1) is 25.8. The minimum Gasteiger partial charge on any atom is -0.261 e. The van der Waals surface area contributed by atoms with Crippen molar-refractivity contribution in [3.8, 4) is 67.0 Å². The highest BCUT2D eigenvalue weighted by molar-refractivity contribution is 6.30. The molecular weight excluding hydrogens is 633 g/mol. The highest BCUT2D eigenvalue weighted by Crippen LogP contribution is 2.55. The van der Waals surface area contributed by atoms with Gasteiger partial charge in [-0.15, -0.1) is 0 Å². The smallest absolute Gasteiger partial charge is 0.0897 e. The van der Waals surface area contributed by atoms with Crippen LogP contribution in [-0.4, -0.2) is 19.9 Å². The van der Waals surface area contributed by atoms with Gasteiger partial charge in [-0.1, -0.05) is 115 Å². The predicted molar refractivity (Wildman–Crippen MR) is 214 cm³/mol. The van der Waals surface area contributed by atoms with E-state index in [0.717, 1.165) is 66.3 Å². The number of rotatable bonds is 4. The van der Waals surface area contributed by atoms with Gasteiger partial charge in [0.1, 0.15) is 0 Å². The Kier molecular flexibility index (Phi) is 6.22. The van der Waals surface area contributed by atoms with E-state index < -0.39 is 0 Å². The molecule has 1 aliphatic rings. The van der Waals surface area contributed by atoms with E-state index >= 15 is 0 Å². The molecule has 0 saturated heterocycles. The SMILES string of the molecule is c1ccc(-c2ccc(-c3ccccc3)c3c(-c4cnccn4)c4cc5c(cc4c(-c4cnccn4)c23)-c2cccc3c2c-5cc2ccccc23)cc1. The van der Waals surface area contributed by atoms with Crippen LogP contribution in [0.15, 0.2) is 171 Å². The molecule has 0 saturated carbocycles. The van der Waals surface area contributed by atoms with Crippen molar-refractivity contribution >= 4 is 43.1 Å². The summed E-state index contributed by atoms with van der Waals surface area (Å²) < 4.78 is 0. The average molecular weight is 661 g/mol. The molecule has 0 N–H and O–H groups in total. The Morgan fingerprint density at radius 2 is 0.865 bits per heavy atom. The second-order valence-corrected chi connectivity index (χ2v) is 13.4. The Hall–Kier alpha value is -7.04. The topological polar surface area (TPSA) is 51.6 Å². The monoisotopic (exact) mass is 660 g/mol. The predicted octanol–water partition coefficient (Wildman–Crippen LogP) is 12.2. The van der Waals surface area contributed by atoms with Crippen molar-refractivity contribution < 1.29 is 0 Å². The van der Waals surface area contributed by atoms with Gasteiger partial charge in [0.2, 0.25) is 0 Å². The van der Waals surface area contributed by atoms with E-state index in [2.05, 4.69) is 143 Å². The molecule has 0 radical (unpaired) electrons. The van der Waals surface area contributed by atoms with Crippen molar-refractivity contribution in [2.24, 2.45) is 0 Å². The van der Waals surface area contributed by atoms with E-state index in [1.807, 2.05) is 12.4 Å². The number of aromatic nitrogens is 4. The molecule has 0 aliphatic heterocycles. The molecule has 11 rings (SSSR count). The zero-order valence-electron chi connectivity index (χ0n) is 28.0. The largest absolute Gasteiger partial charge is 0.261 e. The fraction of sp³-hybridized carbons (Fsp3) is 0. The van der Waals surface area contributed by atoms with Crippen LogP contribution in [0.5, 0.6) is 0 Å². The van der Waals surface area contributed by atoms with Crippen LogP contribution in [0, 0.1) is 0 Å². The number of fused-ring (bicyclic) bond motifs is 7. The van der Waals surface area contributed by atoms with E-state index in [1.54, 1.807) is 24.8 Å². The van der Waals surface area contributed by atoms with Gasteiger partial charge in [-0.2, -0.15) is 0 Å². The molecule has 8 aromatic carbocycles. The molecular formula is C48H28N4. The van der Waals surface area contributed by atoms with E-state index in [-0.39, 0.29) is 0 Å². The van der Waals surface area contributed by atoms with E-state index in [9.17, 15) is 0 Å². The van der Waals surface area contributed by atoms with Gasteiger partial charge < -0.3 is 0 Å². The second-order valence-electron chi connectivity index (χ2n) is 13.4. The van der Waals surface area contributed by atoms with Gasteiger partial charge >= 0.3 is 0 Å². The fourth-order valence-electron chi connectivity index (χ4n) is 8.56. The summed E-state index contributed by atoms with van der Waals surface area (Å²) in [5.74, 6) is 0. The van der Waals surface area contributed by atoms with Gasteiger partial charge in [-0.25, -0.2) is 0 Å². The number of benzene rings is 8. The van der Waals surface area contributed by atoms with E-state index in [4.69, 9.17) is 9.97 Å². The van der Waals surface area contributed by atoms with Gasteiger partial charge in [0, 0.05) is 46.7 Å². The van der Waals surface area contributed by atoms with E-state index in [0.29, 0.717) is 0 Å². The maximum absolute atomic E-state index is 5.01. The molecule has 52 heavy (non-hydrogen) atoms. The van der Waals surface area contributed by atoms with Crippen LogP contribution in [0.4, 0.5) is 0 Å². The lowest BCUT2D eigenvalue weighted by molar-refractivity contribution is 1.21. The summed E-state index contributed by atoms with van der Waals surface area (Å²) in [6.45, 7) is 0. The first kappa shape index (κ1) is 28.8. The number of hydrogen-bond acceptors (Lipinski definition) is 4. The molecule has 10 aromatic rings. The Balaban J connectivity index is 1.41. The van der Waals surface area contributed by atoms with E-state index in [1.165, 1.54) is 43.8 Å². The maximum atomic E-state index is 5.01. The van der Waals surface area contributed by atoms with Crippen LogP contribution in [0.25, 0.3) is 110 Å². The molecule has 240 valence electrons. The van der Waals surface area contributed by atoms with Crippen LogP contribution >= 0.6 is 0 Å². The summed E-state index contributed by atoms with van der Waals surface area (Å²) in [6, 6.07) is 48.5. The van der Waals surface area contributed by atoms with Crippen molar-refractivity contribution in [1.29, 1.82) is 0 Å². The Morgan fingerprint density at radius 1 is 0.327 bits per heavy atom. The third-order valence-electron chi connectivity index (χ3n) is 10.7. The van der Waals surface area contributed by atoms with Gasteiger partial charge in [-0.3, -0.25) is 19.9 Å². The minimum atomic E-state index is 0.824. The Morgan fingerprint density at radius 3 is 1.44 bits per heavy atom. The van der Waals surface area contributed by atoms with Crippen LogP contribution in [0.2, 0.25) is 0 Å². The number of hydrogen-bond donors (Lipinski definition) is 0. The van der Waals surface area contributed by atoms with Crippen molar-refractivity contribution in [2.75, 3.05) is 0 Å². The van der Waals surface area contributed by atoms with Gasteiger partial charge in [0.05, 0.1) is 23.8 Å². The van der Waals surface area contributed by atoms with Crippen LogP contribution in [0.3, 0.4) is 0 Å². The normalized spacial score (nSPS) is 11.8. The molecule has 4 nitrogen and oxygen atoms in total. The number of nitrogens with zero attached hydrogens (tertiary/aromatic N) is 4. The van der Waals surface area contributed by atoms with Crippen molar-refractivity contribution in [1.82, 2.24) is 19.9 Å². The molecule has 2 aromatic heterocycles. The molecule has 0 atom stereocenters. The molecule has 2 heterocycles. The summed E-state index contributed by atoms with van der Waals surface area (Å²) in [6.07, 6.45) is 10.9. The lowest BCUT2D eigenvalue weighted by Gasteiger charge is -2.23. The zero-order valence-corrected chi connectivity index (χ0v) is 28.0. The molecule has 0 bridgehead atoms. The quantitative estimate of drug-likeness (QED) is 0.139. The summed E-state index contributed by atoms with van der Waals surface area (Å²) in [4.78, 5) is 19.3. The molecule has 4 heteroatoms. The third kappa shape index (κ3) is 4.15. The molecule has 0 spiro atoms. The minimum absolute atomic E-state index is 0.824. The van der Waals surface area contributed by atoms with Crippen molar-refractivity contribution in [3.05, 3.63) is 171 Å². The summed E-state index contributed by atoms with van der Waals surface area (Å²) in [5, 5.41) is 9.51. The highest BCUT2D eigenvalue weighted by Gasteiger charge is 2.29. The Labute approximate surface area is 299 Å². The highest BCUT2D eigenvalue weighted by atomic mass is 14.8. The molecule has 0 unspecified atom stereocenters. The van der Waals surface area contributed by atoms with Gasteiger partial charge in [0.25, 0.3) is 0 Å². The summed E-state index contributed by atoms with van der Waals surface area (Å²) >= 11 is 0. The second kappa shape index (κ2) is 11.2. The lowest BCUT2D eigenvalue weighted by Crippen LogP contribution is -1.98. The first-order valence-electron chi connectivity index (χ1n) is 17.5. The van der Waals surface area contributed by atoms with Gasteiger partial charge in [0.15, 0.2) is 0 Å². The van der Waals surface area contributed by atoms with Crippen LogP contribution in [0.1, 0.15) is 0 Å². The van der Waals surface area contributed by atoms with Crippen LogP contribution in [-0.2, 0) is 0 Å². The maximum Gasteiger partial charge on any atom is 0.0897 e. The standard InChI is InChI=1S/C48H28N4/c1-3-10-29(11-4-1)33-18-19-34(30-12-5-2-6-13-30)48-46(43-28-50-21-23-52-43)41-26-38-37(25-40(41)45(47(33)48)42-27-49-20-22-51-42)36-17-9-16-35-32-15-8-7-14-31(32)24-39(38)44(35)36/h1-28H. The summed E-state index contributed by atoms with van der Waals surface area (Å²) in [5.41, 5.74) is 13.2. The van der Waals surface area contributed by atoms with Crippen molar-refractivity contribution in [2.45, 2.75) is 0 Å². The average Bonchev–Trinajstić information content (AvgIpc) is 3.53. The first-order valence-corrected chi connectivity index (χ1v) is 17.5. The molecule has 0 fully saturated rings. The van der Waals surface area contributed by atoms with Crippen molar-refractivity contribution in [3.63, 3.8) is 0 Å². The fourth-order valence-corrected chi connectivity index (χ4v) is 8.56. The lowest BCUT2D eigenvalue weighted by atomic mass is 9.81. The zero-order chi connectivity index (χ0) is 34.2. The Bertz CT molecular complexity index is 3030. The third-order valence-corrected chi connectivity index (χ3v) is 10.7. The van der Waals surface area contributed by atoms with Gasteiger partial charge in [-0.05, 0) is 95.0 Å². The van der Waals surface area contributed by atoms with Crippen LogP contribution < -0.4 is 0 Å². The summed E-state index contributed by atoms with van der Waals surface area (Å²) in [7, 11) is 0. The molecule has 1 aliphatic carbocycles. The molecule has 0 amide bonds.